The van der Waals surface area contributed by atoms with Crippen LogP contribution in [-0.4, -0.2) is 12.2 Å². The number of anilines is 1. The molecule has 1 N–H and O–H groups in total. The number of hydrogen-bond acceptors (Lipinski definition) is 1. The van der Waals surface area contributed by atoms with Crippen LogP contribution in [0.4, 0.5) is 5.69 Å². The molecule has 18 heavy (non-hydrogen) atoms. The smallest absolute Gasteiger partial charge is 0.173 e. The van der Waals surface area contributed by atoms with E-state index in [9.17, 15) is 0 Å². The lowest BCUT2D eigenvalue weighted by Gasteiger charge is -2.35. The first-order valence-corrected chi connectivity index (χ1v) is 6.36. The highest BCUT2D eigenvalue weighted by Gasteiger charge is 2.26. The number of rotatable bonds is 1. The van der Waals surface area contributed by atoms with Crippen molar-refractivity contribution in [2.75, 3.05) is 11.9 Å². The van der Waals surface area contributed by atoms with Crippen molar-refractivity contribution < 1.29 is 0 Å². The number of hydrogen-bond donors (Lipinski definition) is 1. The van der Waals surface area contributed by atoms with Crippen LogP contribution in [0.5, 0.6) is 0 Å². The van der Waals surface area contributed by atoms with Crippen LogP contribution in [0.25, 0.3) is 0 Å². The van der Waals surface area contributed by atoms with Gasteiger partial charge in [0.15, 0.2) is 5.11 Å². The molecule has 1 unspecified atom stereocenters. The summed E-state index contributed by atoms with van der Waals surface area (Å²) in [5.74, 6) is 0. The first-order chi connectivity index (χ1) is 8.77. The van der Waals surface area contributed by atoms with E-state index in [-0.39, 0.29) is 6.04 Å². The van der Waals surface area contributed by atoms with Crippen LogP contribution >= 0.6 is 12.2 Å². The van der Waals surface area contributed by atoms with E-state index in [0.29, 0.717) is 0 Å². The lowest BCUT2D eigenvalue weighted by molar-refractivity contribution is 0.739. The van der Waals surface area contributed by atoms with Crippen LogP contribution in [0, 0.1) is 0 Å². The van der Waals surface area contributed by atoms with Crippen LogP contribution in [0.3, 0.4) is 0 Å². The van der Waals surface area contributed by atoms with E-state index in [4.69, 9.17) is 12.2 Å². The SMILES string of the molecule is CN1C(=S)NC(c2ccccc2)c2ccccc21. The standard InChI is InChI=1S/C15H14N2S/c1-17-13-10-6-5-9-12(13)14(16-15(17)18)11-7-3-2-4-8-11/h2-10,14H,1H3,(H,16,18). The normalized spacial score (nSPS) is 18.2. The molecule has 3 rings (SSSR count). The molecule has 90 valence electrons. The van der Waals surface area contributed by atoms with E-state index < -0.39 is 0 Å². The van der Waals surface area contributed by atoms with E-state index >= 15 is 0 Å². The highest BCUT2D eigenvalue weighted by atomic mass is 32.1. The second-order valence-corrected chi connectivity index (χ2v) is 4.80. The molecule has 1 heterocycles. The largest absolute Gasteiger partial charge is 0.351 e. The molecule has 0 aromatic heterocycles. The number of thiocarbonyl (C=S) groups is 1. The molecule has 3 heteroatoms. The monoisotopic (exact) mass is 254 g/mol. The summed E-state index contributed by atoms with van der Waals surface area (Å²) in [7, 11) is 2.00. The Bertz CT molecular complexity index is 580. The van der Waals surface area contributed by atoms with Gasteiger partial charge in [-0.1, -0.05) is 48.5 Å². The predicted molar refractivity (Wildman–Crippen MR) is 78.9 cm³/mol. The third-order valence-corrected chi connectivity index (χ3v) is 3.71. The zero-order valence-corrected chi connectivity index (χ0v) is 10.9. The molecular formula is C15H14N2S. The van der Waals surface area contributed by atoms with Crippen molar-refractivity contribution in [2.45, 2.75) is 6.04 Å². The van der Waals surface area contributed by atoms with Crippen molar-refractivity contribution in [1.82, 2.24) is 5.32 Å². The number of nitrogens with zero attached hydrogens (tertiary/aromatic N) is 1. The van der Waals surface area contributed by atoms with Gasteiger partial charge in [-0.15, -0.1) is 0 Å². The van der Waals surface area contributed by atoms with Gasteiger partial charge in [-0.2, -0.15) is 0 Å². The van der Waals surface area contributed by atoms with E-state index in [1.165, 1.54) is 16.8 Å². The molecule has 1 atom stereocenters. The van der Waals surface area contributed by atoms with Gasteiger partial charge in [-0.25, -0.2) is 0 Å². The summed E-state index contributed by atoms with van der Waals surface area (Å²) >= 11 is 5.40. The summed E-state index contributed by atoms with van der Waals surface area (Å²) in [5.41, 5.74) is 3.68. The number of para-hydroxylation sites is 1. The van der Waals surface area contributed by atoms with Crippen LogP contribution in [0.2, 0.25) is 0 Å². The van der Waals surface area contributed by atoms with Crippen LogP contribution in [0.15, 0.2) is 54.6 Å². The molecular weight excluding hydrogens is 240 g/mol. The van der Waals surface area contributed by atoms with Gasteiger partial charge in [0.05, 0.1) is 6.04 Å². The van der Waals surface area contributed by atoms with Gasteiger partial charge in [-0.05, 0) is 23.8 Å². The fourth-order valence-corrected chi connectivity index (χ4v) is 2.57. The topological polar surface area (TPSA) is 15.3 Å². The Morgan fingerprint density at radius 2 is 1.67 bits per heavy atom. The minimum absolute atomic E-state index is 0.145. The van der Waals surface area contributed by atoms with Gasteiger partial charge in [-0.3, -0.25) is 0 Å². The third-order valence-electron chi connectivity index (χ3n) is 3.31. The minimum atomic E-state index is 0.145. The summed E-state index contributed by atoms with van der Waals surface area (Å²) in [6.07, 6.45) is 0. The maximum atomic E-state index is 5.40. The van der Waals surface area contributed by atoms with Crippen LogP contribution < -0.4 is 10.2 Å². The number of fused-ring (bicyclic) bond motifs is 1. The molecule has 0 aliphatic carbocycles. The van der Waals surface area contributed by atoms with Crippen molar-refractivity contribution >= 4 is 23.0 Å². The van der Waals surface area contributed by atoms with Crippen molar-refractivity contribution in [2.24, 2.45) is 0 Å². The second kappa shape index (κ2) is 4.42. The Morgan fingerprint density at radius 3 is 2.44 bits per heavy atom. The molecule has 2 nitrogen and oxygen atoms in total. The van der Waals surface area contributed by atoms with Crippen LogP contribution in [0.1, 0.15) is 17.2 Å². The molecule has 0 fully saturated rings. The lowest BCUT2D eigenvalue weighted by atomic mass is 9.95. The van der Waals surface area contributed by atoms with Gasteiger partial charge < -0.3 is 10.2 Å². The Labute approximate surface area is 112 Å². The molecule has 0 bridgehead atoms. The summed E-state index contributed by atoms with van der Waals surface area (Å²) < 4.78 is 0. The fourth-order valence-electron chi connectivity index (χ4n) is 2.35. The summed E-state index contributed by atoms with van der Waals surface area (Å²) in [4.78, 5) is 2.02. The fraction of sp³-hybridized carbons (Fsp3) is 0.133. The molecule has 2 aromatic rings. The van der Waals surface area contributed by atoms with Crippen molar-refractivity contribution in [1.29, 1.82) is 0 Å². The molecule has 2 aromatic carbocycles. The molecule has 0 saturated carbocycles. The molecule has 0 radical (unpaired) electrons. The second-order valence-electron chi connectivity index (χ2n) is 4.41. The molecule has 1 aliphatic rings. The minimum Gasteiger partial charge on any atom is -0.351 e. The summed E-state index contributed by atoms with van der Waals surface area (Å²) in [6, 6.07) is 18.9. The maximum Gasteiger partial charge on any atom is 0.173 e. The van der Waals surface area contributed by atoms with E-state index in [1.807, 2.05) is 24.1 Å². The first-order valence-electron chi connectivity index (χ1n) is 5.95. The van der Waals surface area contributed by atoms with Gasteiger partial charge in [0.25, 0.3) is 0 Å². The van der Waals surface area contributed by atoms with E-state index in [0.717, 1.165) is 5.11 Å². The van der Waals surface area contributed by atoms with Crippen molar-refractivity contribution in [3.63, 3.8) is 0 Å². The Balaban J connectivity index is 2.13. The lowest BCUT2D eigenvalue weighted by Crippen LogP contribution is -2.44. The molecule has 1 aliphatic heterocycles. The maximum absolute atomic E-state index is 5.40. The Kier molecular flexibility index (Phi) is 2.76. The van der Waals surface area contributed by atoms with Gasteiger partial charge in [0, 0.05) is 18.3 Å². The van der Waals surface area contributed by atoms with Gasteiger partial charge >= 0.3 is 0 Å². The summed E-state index contributed by atoms with van der Waals surface area (Å²) in [5, 5.41) is 4.16. The highest BCUT2D eigenvalue weighted by Crippen LogP contribution is 2.33. The predicted octanol–water partition coefficient (Wildman–Crippen LogP) is 3.10. The quantitative estimate of drug-likeness (QED) is 0.787. The van der Waals surface area contributed by atoms with Gasteiger partial charge in [0.1, 0.15) is 0 Å². The van der Waals surface area contributed by atoms with Crippen LogP contribution in [-0.2, 0) is 0 Å². The highest BCUT2D eigenvalue weighted by molar-refractivity contribution is 7.80. The average Bonchev–Trinajstić information content (AvgIpc) is 2.44. The molecule has 0 amide bonds. The average molecular weight is 254 g/mol. The van der Waals surface area contributed by atoms with Gasteiger partial charge in [0.2, 0.25) is 0 Å². The van der Waals surface area contributed by atoms with Crippen molar-refractivity contribution in [3.8, 4) is 0 Å². The zero-order valence-electron chi connectivity index (χ0n) is 10.1. The van der Waals surface area contributed by atoms with E-state index in [1.54, 1.807) is 0 Å². The number of nitrogens with one attached hydrogen (secondary N) is 1. The Morgan fingerprint density at radius 1 is 1.00 bits per heavy atom. The molecule has 0 saturated heterocycles. The number of benzene rings is 2. The first kappa shape index (κ1) is 11.2. The molecule has 0 spiro atoms. The zero-order chi connectivity index (χ0) is 12.5. The summed E-state index contributed by atoms with van der Waals surface area (Å²) in [6.45, 7) is 0. The van der Waals surface area contributed by atoms with Crippen molar-refractivity contribution in [3.05, 3.63) is 65.7 Å². The Hall–Kier alpha value is -1.87. The third kappa shape index (κ3) is 1.77. The van der Waals surface area contributed by atoms with E-state index in [2.05, 4.69) is 47.8 Å².